The predicted molar refractivity (Wildman–Crippen MR) is 74.4 cm³/mol. The highest BCUT2D eigenvalue weighted by molar-refractivity contribution is 6.09. The third-order valence-corrected chi connectivity index (χ3v) is 3.63. The molecule has 2 nitrogen and oxygen atoms in total. The Balaban J connectivity index is 2.33. The van der Waals surface area contributed by atoms with E-state index in [4.69, 9.17) is 0 Å². The highest BCUT2D eigenvalue weighted by Gasteiger charge is 2.15. The van der Waals surface area contributed by atoms with Crippen LogP contribution in [0.3, 0.4) is 0 Å². The number of aromatic nitrogens is 2. The molecule has 0 fully saturated rings. The number of nitrogens with zero attached hydrogens (tertiary/aromatic N) is 2. The summed E-state index contributed by atoms with van der Waals surface area (Å²) in [5.74, 6) is 0. The molecule has 18 heavy (non-hydrogen) atoms. The summed E-state index contributed by atoms with van der Waals surface area (Å²) in [7, 11) is 0. The van der Waals surface area contributed by atoms with Crippen molar-refractivity contribution in [2.24, 2.45) is 0 Å². The van der Waals surface area contributed by atoms with Crippen LogP contribution >= 0.6 is 0 Å². The van der Waals surface area contributed by atoms with Crippen molar-refractivity contribution in [2.45, 2.75) is 12.8 Å². The van der Waals surface area contributed by atoms with Gasteiger partial charge < -0.3 is 0 Å². The fourth-order valence-electron chi connectivity index (χ4n) is 2.84. The van der Waals surface area contributed by atoms with Crippen molar-refractivity contribution in [1.82, 2.24) is 9.97 Å². The summed E-state index contributed by atoms with van der Waals surface area (Å²) in [5, 5.41) is 2.49. The van der Waals surface area contributed by atoms with Crippen LogP contribution in [-0.4, -0.2) is 9.97 Å². The van der Waals surface area contributed by atoms with Gasteiger partial charge in [-0.1, -0.05) is 36.4 Å². The van der Waals surface area contributed by atoms with E-state index in [1.165, 1.54) is 21.9 Å². The monoisotopic (exact) mass is 232 g/mol. The molecule has 86 valence electrons. The lowest BCUT2D eigenvalue weighted by Crippen LogP contribution is -1.99. The van der Waals surface area contributed by atoms with Crippen molar-refractivity contribution >= 4 is 27.9 Å². The zero-order chi connectivity index (χ0) is 11.9. The van der Waals surface area contributed by atoms with Gasteiger partial charge in [0, 0.05) is 17.8 Å². The van der Waals surface area contributed by atoms with E-state index < -0.39 is 0 Å². The Kier molecular flexibility index (Phi) is 1.97. The summed E-state index contributed by atoms with van der Waals surface area (Å²) in [6, 6.07) is 8.47. The molecule has 0 atom stereocenters. The predicted octanol–water partition coefficient (Wildman–Crippen LogP) is 3.74. The summed E-state index contributed by atoms with van der Waals surface area (Å²) in [5.41, 5.74) is 4.77. The smallest absolute Gasteiger partial charge is 0.0968 e. The number of rotatable bonds is 0. The Morgan fingerprint density at radius 2 is 1.67 bits per heavy atom. The first-order valence-electron chi connectivity index (χ1n) is 6.26. The zero-order valence-corrected chi connectivity index (χ0v) is 9.93. The van der Waals surface area contributed by atoms with E-state index in [0.717, 1.165) is 23.9 Å². The summed E-state index contributed by atoms with van der Waals surface area (Å²) >= 11 is 0. The van der Waals surface area contributed by atoms with Crippen LogP contribution in [0.4, 0.5) is 0 Å². The summed E-state index contributed by atoms with van der Waals surface area (Å²) in [6.45, 7) is 0. The maximum atomic E-state index is 4.55. The average Bonchev–Trinajstić information content (AvgIpc) is 2.48. The Morgan fingerprint density at radius 3 is 2.56 bits per heavy atom. The van der Waals surface area contributed by atoms with Gasteiger partial charge in [-0.05, 0) is 29.4 Å². The first-order valence-corrected chi connectivity index (χ1v) is 6.26. The van der Waals surface area contributed by atoms with Crippen LogP contribution < -0.4 is 0 Å². The van der Waals surface area contributed by atoms with Gasteiger partial charge in [-0.15, -0.1) is 0 Å². The normalized spacial score (nSPS) is 14.0. The van der Waals surface area contributed by atoms with Crippen LogP contribution in [0, 0.1) is 0 Å². The fraction of sp³-hybridized carbons (Fsp3) is 0.125. The third kappa shape index (κ3) is 1.23. The molecule has 0 radical (unpaired) electrons. The number of allylic oxidation sites excluding steroid dienone is 1. The first-order chi connectivity index (χ1) is 8.95. The van der Waals surface area contributed by atoms with Gasteiger partial charge in [-0.2, -0.15) is 0 Å². The maximum absolute atomic E-state index is 4.55. The molecule has 3 aromatic rings. The molecule has 1 aromatic heterocycles. The zero-order valence-electron chi connectivity index (χ0n) is 9.93. The van der Waals surface area contributed by atoms with E-state index in [2.05, 4.69) is 46.4 Å². The summed E-state index contributed by atoms with van der Waals surface area (Å²) < 4.78 is 0. The van der Waals surface area contributed by atoms with E-state index in [1.54, 1.807) is 12.4 Å². The quantitative estimate of drug-likeness (QED) is 0.552. The lowest BCUT2D eigenvalue weighted by Gasteiger charge is -2.16. The topological polar surface area (TPSA) is 25.8 Å². The Bertz CT molecular complexity index is 788. The minimum Gasteiger partial charge on any atom is -0.253 e. The van der Waals surface area contributed by atoms with E-state index in [0.29, 0.717) is 0 Å². The Labute approximate surface area is 105 Å². The molecule has 2 aromatic carbocycles. The largest absolute Gasteiger partial charge is 0.253 e. The SMILES string of the molecule is C1=Cc2c(c3nccnc3c3ccccc23)CC1. The number of aryl methyl sites for hydroxylation is 1. The van der Waals surface area contributed by atoms with E-state index >= 15 is 0 Å². The Morgan fingerprint density at radius 1 is 0.889 bits per heavy atom. The molecule has 0 N–H and O–H groups in total. The van der Waals surface area contributed by atoms with Crippen molar-refractivity contribution in [1.29, 1.82) is 0 Å². The average molecular weight is 232 g/mol. The van der Waals surface area contributed by atoms with Gasteiger partial charge >= 0.3 is 0 Å². The molecule has 0 unspecified atom stereocenters. The standard InChI is InChI=1S/C16H12N2/c1-3-7-13-11(5-1)12-6-2-4-8-14(12)16-15(13)17-9-10-18-16/h1-3,5-7,9-10H,4,8H2. The number of benzene rings is 2. The van der Waals surface area contributed by atoms with Crippen molar-refractivity contribution in [2.75, 3.05) is 0 Å². The lowest BCUT2D eigenvalue weighted by molar-refractivity contribution is 0.993. The minimum absolute atomic E-state index is 1.03. The van der Waals surface area contributed by atoms with Gasteiger partial charge in [-0.25, -0.2) is 0 Å². The summed E-state index contributed by atoms with van der Waals surface area (Å²) in [6.07, 6.45) is 10.2. The summed E-state index contributed by atoms with van der Waals surface area (Å²) in [4.78, 5) is 9.08. The van der Waals surface area contributed by atoms with Crippen LogP contribution in [-0.2, 0) is 6.42 Å². The molecule has 2 heteroatoms. The molecule has 0 saturated carbocycles. The molecular weight excluding hydrogens is 220 g/mol. The van der Waals surface area contributed by atoms with Crippen LogP contribution in [0.2, 0.25) is 0 Å². The molecule has 4 rings (SSSR count). The van der Waals surface area contributed by atoms with Gasteiger partial charge in [0.05, 0.1) is 11.0 Å². The minimum atomic E-state index is 1.03. The lowest BCUT2D eigenvalue weighted by atomic mass is 9.90. The molecule has 0 aliphatic heterocycles. The molecule has 1 aliphatic carbocycles. The third-order valence-electron chi connectivity index (χ3n) is 3.63. The van der Waals surface area contributed by atoms with Gasteiger partial charge in [0.15, 0.2) is 0 Å². The van der Waals surface area contributed by atoms with E-state index in [1.807, 2.05) is 0 Å². The number of fused-ring (bicyclic) bond motifs is 6. The second-order valence-electron chi connectivity index (χ2n) is 4.63. The molecule has 1 aliphatic rings. The maximum Gasteiger partial charge on any atom is 0.0968 e. The number of hydrogen-bond donors (Lipinski definition) is 0. The van der Waals surface area contributed by atoms with Gasteiger partial charge in [-0.3, -0.25) is 9.97 Å². The second kappa shape index (κ2) is 3.64. The van der Waals surface area contributed by atoms with Crippen LogP contribution in [0.15, 0.2) is 42.7 Å². The van der Waals surface area contributed by atoms with Crippen molar-refractivity contribution < 1.29 is 0 Å². The fourth-order valence-corrected chi connectivity index (χ4v) is 2.84. The second-order valence-corrected chi connectivity index (χ2v) is 4.63. The molecule has 0 saturated heterocycles. The molecule has 0 amide bonds. The van der Waals surface area contributed by atoms with Crippen LogP contribution in [0.1, 0.15) is 17.5 Å². The molecule has 0 bridgehead atoms. The number of hydrogen-bond acceptors (Lipinski definition) is 2. The van der Waals surface area contributed by atoms with E-state index in [-0.39, 0.29) is 0 Å². The highest BCUT2D eigenvalue weighted by Crippen LogP contribution is 2.34. The Hall–Kier alpha value is -2.22. The van der Waals surface area contributed by atoms with Gasteiger partial charge in [0.25, 0.3) is 0 Å². The first kappa shape index (κ1) is 9.77. The van der Waals surface area contributed by atoms with Gasteiger partial charge in [0.2, 0.25) is 0 Å². The molecule has 0 spiro atoms. The van der Waals surface area contributed by atoms with Crippen LogP contribution in [0.5, 0.6) is 0 Å². The highest BCUT2D eigenvalue weighted by atomic mass is 14.8. The van der Waals surface area contributed by atoms with E-state index in [9.17, 15) is 0 Å². The van der Waals surface area contributed by atoms with Crippen molar-refractivity contribution in [3.8, 4) is 0 Å². The van der Waals surface area contributed by atoms with Crippen molar-refractivity contribution in [3.05, 3.63) is 53.9 Å². The van der Waals surface area contributed by atoms with Gasteiger partial charge in [0.1, 0.15) is 0 Å². The van der Waals surface area contributed by atoms with Crippen LogP contribution in [0.25, 0.3) is 27.9 Å². The molecular formula is C16H12N2. The van der Waals surface area contributed by atoms with Crippen molar-refractivity contribution in [3.63, 3.8) is 0 Å². The molecule has 1 heterocycles.